The van der Waals surface area contributed by atoms with E-state index in [1.807, 2.05) is 11.6 Å². The number of carbonyl (C=O) groups is 4. The highest BCUT2D eigenvalue weighted by atomic mass is 32.2. The van der Waals surface area contributed by atoms with Crippen LogP contribution >= 0.6 is 0 Å². The third-order valence-electron chi connectivity index (χ3n) is 10.4. The Bertz CT molecular complexity index is 1940. The number of amides is 2. The third kappa shape index (κ3) is 10.5. The van der Waals surface area contributed by atoms with Crippen LogP contribution in [-0.2, 0) is 38.4 Å². The minimum absolute atomic E-state index is 0.0429. The van der Waals surface area contributed by atoms with E-state index in [0.717, 1.165) is 6.07 Å². The van der Waals surface area contributed by atoms with Gasteiger partial charge in [0.15, 0.2) is 5.78 Å². The van der Waals surface area contributed by atoms with Gasteiger partial charge in [0.1, 0.15) is 17.5 Å². The lowest BCUT2D eigenvalue weighted by atomic mass is 9.77. The number of ether oxygens (including phenoxy) is 3. The fourth-order valence-corrected chi connectivity index (χ4v) is 8.37. The normalized spacial score (nSPS) is 24.2. The van der Waals surface area contributed by atoms with Gasteiger partial charge < -0.3 is 19.1 Å². The summed E-state index contributed by atoms with van der Waals surface area (Å²) in [6.45, 7) is 13.8. The van der Waals surface area contributed by atoms with Gasteiger partial charge >= 0.3 is 22.6 Å². The van der Waals surface area contributed by atoms with Crippen molar-refractivity contribution in [3.8, 4) is 11.6 Å². The number of halogens is 3. The van der Waals surface area contributed by atoms with Gasteiger partial charge in [0.05, 0.1) is 35.9 Å². The lowest BCUT2D eigenvalue weighted by Crippen LogP contribution is -2.49. The van der Waals surface area contributed by atoms with Gasteiger partial charge in [0, 0.05) is 24.4 Å². The van der Waals surface area contributed by atoms with Crippen molar-refractivity contribution in [3.05, 3.63) is 30.5 Å². The Kier molecular flexibility index (Phi) is 11.4. The minimum atomic E-state index is -4.90. The molecular formula is C38H50F3N3O10S. The van der Waals surface area contributed by atoms with E-state index in [2.05, 4.69) is 9.72 Å². The number of aromatic nitrogens is 1. The first-order chi connectivity index (χ1) is 25.2. The molecule has 0 spiro atoms. The van der Waals surface area contributed by atoms with Gasteiger partial charge in [-0.05, 0) is 87.9 Å². The smallest absolute Gasteiger partial charge is 0.472 e. The highest BCUT2D eigenvalue weighted by Gasteiger charge is 2.62. The molecule has 304 valence electrons. The number of alkyl halides is 3. The molecule has 2 saturated carbocycles. The molecule has 2 aliphatic carbocycles. The number of nitrogens with zero attached hydrogens (tertiary/aromatic N) is 2. The molecule has 1 N–H and O–H groups in total. The molecule has 1 aromatic heterocycles. The van der Waals surface area contributed by atoms with Crippen LogP contribution in [0.4, 0.5) is 13.2 Å². The molecule has 3 fully saturated rings. The van der Waals surface area contributed by atoms with Gasteiger partial charge in [-0.3, -0.25) is 19.2 Å². The van der Waals surface area contributed by atoms with Gasteiger partial charge in [0.2, 0.25) is 17.7 Å². The first-order valence-electron chi connectivity index (χ1n) is 18.4. The molecule has 17 heteroatoms. The summed E-state index contributed by atoms with van der Waals surface area (Å²) in [5.74, 6) is -4.11. The number of rotatable bonds is 14. The molecule has 1 aliphatic heterocycles. The molecule has 1 saturated heterocycles. The third-order valence-corrected chi connectivity index (χ3v) is 11.5. The van der Waals surface area contributed by atoms with Gasteiger partial charge in [-0.2, -0.15) is 8.42 Å². The molecule has 5 rings (SSSR count). The molecule has 0 bridgehead atoms. The highest BCUT2D eigenvalue weighted by molar-refractivity contribution is 7.85. The van der Waals surface area contributed by atoms with E-state index >= 15 is 0 Å². The molecule has 13 nitrogen and oxygen atoms in total. The number of pyridine rings is 1. The van der Waals surface area contributed by atoms with Crippen molar-refractivity contribution in [1.29, 1.82) is 0 Å². The van der Waals surface area contributed by atoms with Crippen LogP contribution in [0, 0.1) is 22.7 Å². The van der Waals surface area contributed by atoms with E-state index in [1.54, 1.807) is 48.5 Å². The van der Waals surface area contributed by atoms with Crippen molar-refractivity contribution in [2.45, 2.75) is 130 Å². The summed E-state index contributed by atoms with van der Waals surface area (Å²) in [4.78, 5) is 61.3. The maximum absolute atomic E-state index is 14.5. The number of Topliss-reactive ketones (excluding diaryl/α,β-unsaturated/α-hetero) is 1. The SMILES string of the molecule is CC[C@@H]1C[C@]1(CC(=O)[C@@H]1C[C@@H](Oc2nccc3cc(OC(F)(F)F)ccc23)CN1C(=O)[C@@H](CC(=O)OC(C)(C)C)C(C)(C)C)C(=O)NS(=O)(=O)OC1(C)CC1. The standard InChI is InChI=1S/C38H50F3N3O10S/c1-9-23-19-37(23,33(48)43-55(49,50)54-36(8)13-14-36)20-29(45)28-17-25(21-44(28)32(47)27(34(2,3)4)18-30(46)53-35(5,6)7)51-31-26-11-10-24(52-38(39,40)41)16-22(26)12-15-42-31/h10-12,15-16,23,25,27-28H,9,13-14,17-21H2,1-8H3,(H,43,48)/t23-,25-,27-,28+,37-/m1/s1. The molecule has 5 atom stereocenters. The monoisotopic (exact) mass is 797 g/mol. The zero-order valence-corrected chi connectivity index (χ0v) is 33.2. The number of hydrogen-bond donors (Lipinski definition) is 1. The van der Waals surface area contributed by atoms with Crippen LogP contribution in [0.3, 0.4) is 0 Å². The van der Waals surface area contributed by atoms with Crippen molar-refractivity contribution in [3.63, 3.8) is 0 Å². The van der Waals surface area contributed by atoms with Gasteiger partial charge in [0.25, 0.3) is 0 Å². The van der Waals surface area contributed by atoms with Crippen molar-refractivity contribution >= 4 is 44.6 Å². The first-order valence-corrected chi connectivity index (χ1v) is 19.8. The van der Waals surface area contributed by atoms with Crippen molar-refractivity contribution in [2.75, 3.05) is 6.54 Å². The van der Waals surface area contributed by atoms with E-state index in [-0.39, 0.29) is 44.0 Å². The summed E-state index contributed by atoms with van der Waals surface area (Å²) in [5, 5.41) is 0.683. The van der Waals surface area contributed by atoms with E-state index in [9.17, 15) is 40.8 Å². The predicted molar refractivity (Wildman–Crippen MR) is 193 cm³/mol. The fraction of sp³-hybridized carbons (Fsp3) is 0.658. The number of hydrogen-bond acceptors (Lipinski definition) is 11. The second-order valence-electron chi connectivity index (χ2n) is 17.3. The summed E-state index contributed by atoms with van der Waals surface area (Å²) >= 11 is 0. The number of fused-ring (bicyclic) bond motifs is 1. The van der Waals surface area contributed by atoms with E-state index in [0.29, 0.717) is 30.0 Å². The zero-order chi connectivity index (χ0) is 40.9. The van der Waals surface area contributed by atoms with Crippen LogP contribution in [0.1, 0.15) is 100 Å². The topological polar surface area (TPSA) is 168 Å². The first kappa shape index (κ1) is 42.2. The van der Waals surface area contributed by atoms with Gasteiger partial charge in [-0.15, -0.1) is 13.2 Å². The van der Waals surface area contributed by atoms with Crippen LogP contribution < -0.4 is 14.2 Å². The lowest BCUT2D eigenvalue weighted by molar-refractivity contribution is -0.274. The highest BCUT2D eigenvalue weighted by Crippen LogP contribution is 2.58. The van der Waals surface area contributed by atoms with E-state index < -0.39 is 86.1 Å². The van der Waals surface area contributed by atoms with Gasteiger partial charge in [-0.1, -0.05) is 34.1 Å². The number of likely N-dealkylation sites (tertiary alicyclic amines) is 1. The van der Waals surface area contributed by atoms with Crippen LogP contribution in [-0.4, -0.2) is 78.1 Å². The van der Waals surface area contributed by atoms with E-state index in [4.69, 9.17) is 13.7 Å². The van der Waals surface area contributed by atoms with E-state index in [1.165, 1.54) is 29.3 Å². The fourth-order valence-electron chi connectivity index (χ4n) is 7.20. The average Bonchev–Trinajstić information content (AvgIpc) is 3.89. The number of carbonyl (C=O) groups excluding carboxylic acids is 4. The second kappa shape index (κ2) is 14.8. The molecule has 0 unspecified atom stereocenters. The summed E-state index contributed by atoms with van der Waals surface area (Å²) in [6.07, 6.45) is -3.33. The summed E-state index contributed by atoms with van der Waals surface area (Å²) in [5.41, 5.74) is -3.83. The van der Waals surface area contributed by atoms with Crippen molar-refractivity contribution in [1.82, 2.24) is 14.6 Å². The van der Waals surface area contributed by atoms with Crippen LogP contribution in [0.5, 0.6) is 11.6 Å². The number of ketones is 1. The Morgan fingerprint density at radius 2 is 1.73 bits per heavy atom. The maximum atomic E-state index is 14.5. The summed E-state index contributed by atoms with van der Waals surface area (Å²) in [6, 6.07) is 4.00. The van der Waals surface area contributed by atoms with Gasteiger partial charge in [-0.25, -0.2) is 13.9 Å². The molecule has 3 aliphatic rings. The van der Waals surface area contributed by atoms with Crippen molar-refractivity contribution < 1.29 is 59.2 Å². The Morgan fingerprint density at radius 1 is 1.05 bits per heavy atom. The largest absolute Gasteiger partial charge is 0.573 e. The molecule has 2 heterocycles. The molecule has 0 radical (unpaired) electrons. The number of esters is 1. The molecule has 55 heavy (non-hydrogen) atoms. The Hall–Kier alpha value is -3.99. The second-order valence-corrected chi connectivity index (χ2v) is 18.5. The Labute approximate surface area is 319 Å². The van der Waals surface area contributed by atoms with Crippen LogP contribution in [0.25, 0.3) is 10.8 Å². The number of benzene rings is 1. The van der Waals surface area contributed by atoms with Crippen molar-refractivity contribution in [2.24, 2.45) is 22.7 Å². The van der Waals surface area contributed by atoms with Crippen LogP contribution in [0.2, 0.25) is 0 Å². The maximum Gasteiger partial charge on any atom is 0.573 e. The summed E-state index contributed by atoms with van der Waals surface area (Å²) < 4.78 is 87.3. The number of nitrogens with one attached hydrogen (secondary N) is 1. The average molecular weight is 798 g/mol. The Morgan fingerprint density at radius 3 is 2.29 bits per heavy atom. The molecule has 1 aromatic carbocycles. The Balaban J connectivity index is 1.44. The zero-order valence-electron chi connectivity index (χ0n) is 32.4. The quantitative estimate of drug-likeness (QED) is 0.217. The molecule has 2 amide bonds. The lowest BCUT2D eigenvalue weighted by Gasteiger charge is -2.35. The summed E-state index contributed by atoms with van der Waals surface area (Å²) in [7, 11) is -4.46. The van der Waals surface area contributed by atoms with Crippen LogP contribution in [0.15, 0.2) is 30.5 Å². The minimum Gasteiger partial charge on any atom is -0.472 e. The predicted octanol–water partition coefficient (Wildman–Crippen LogP) is 6.18. The molecule has 2 aromatic rings. The molecular weight excluding hydrogens is 747 g/mol.